The minimum atomic E-state index is -4.34. The SMILES string of the molecule is Cc1cnc(C2CC(Br)=NO2)cc1Cc1cccc(C(F)(F)F)c1. The molecule has 1 aromatic heterocycles. The number of hydrogen-bond donors (Lipinski definition) is 0. The van der Waals surface area contributed by atoms with Crippen molar-refractivity contribution in [1.29, 1.82) is 0 Å². The second-order valence-corrected chi connectivity index (χ2v) is 6.59. The molecule has 0 radical (unpaired) electrons. The van der Waals surface area contributed by atoms with Crippen LogP contribution in [-0.4, -0.2) is 9.60 Å². The Morgan fingerprint density at radius 2 is 2.08 bits per heavy atom. The molecule has 0 amide bonds. The summed E-state index contributed by atoms with van der Waals surface area (Å²) < 4.78 is 39.3. The second kappa shape index (κ2) is 6.55. The van der Waals surface area contributed by atoms with E-state index >= 15 is 0 Å². The summed E-state index contributed by atoms with van der Waals surface area (Å²) in [7, 11) is 0. The molecule has 2 heterocycles. The molecule has 24 heavy (non-hydrogen) atoms. The summed E-state index contributed by atoms with van der Waals surface area (Å²) in [5, 5.41) is 3.84. The number of benzene rings is 1. The minimum Gasteiger partial charge on any atom is -0.385 e. The van der Waals surface area contributed by atoms with Crippen molar-refractivity contribution in [2.75, 3.05) is 0 Å². The highest BCUT2D eigenvalue weighted by Crippen LogP contribution is 2.31. The van der Waals surface area contributed by atoms with Crippen molar-refractivity contribution in [2.24, 2.45) is 5.16 Å². The Bertz CT molecular complexity index is 790. The van der Waals surface area contributed by atoms with E-state index in [-0.39, 0.29) is 6.10 Å². The van der Waals surface area contributed by atoms with Crippen LogP contribution in [0.1, 0.15) is 40.5 Å². The lowest BCUT2D eigenvalue weighted by molar-refractivity contribution is -0.137. The Kier molecular flexibility index (Phi) is 4.62. The van der Waals surface area contributed by atoms with Crippen molar-refractivity contribution < 1.29 is 18.0 Å². The van der Waals surface area contributed by atoms with Gasteiger partial charge in [0.25, 0.3) is 0 Å². The molecule has 1 aliphatic rings. The maximum absolute atomic E-state index is 12.8. The molecule has 1 unspecified atom stereocenters. The standard InChI is InChI=1S/C17H14BrF3N2O/c1-10-9-22-14(15-8-16(18)23-24-15)7-12(10)5-11-3-2-4-13(6-11)17(19,20)21/h2-4,6-7,9,15H,5,8H2,1H3. The number of nitrogens with zero attached hydrogens (tertiary/aromatic N) is 2. The van der Waals surface area contributed by atoms with Gasteiger partial charge in [0.2, 0.25) is 0 Å². The minimum absolute atomic E-state index is 0.264. The first-order valence-electron chi connectivity index (χ1n) is 7.32. The molecule has 0 N–H and O–H groups in total. The third-order valence-electron chi connectivity index (χ3n) is 3.85. The zero-order chi connectivity index (χ0) is 17.3. The number of aryl methyl sites for hydroxylation is 1. The summed E-state index contributed by atoms with van der Waals surface area (Å²) in [5.41, 5.74) is 2.54. The lowest BCUT2D eigenvalue weighted by Gasteiger charge is -2.13. The summed E-state index contributed by atoms with van der Waals surface area (Å²) in [5.74, 6) is 0. The molecule has 1 aliphatic heterocycles. The molecular formula is C17H14BrF3N2O. The number of pyridine rings is 1. The summed E-state index contributed by atoms with van der Waals surface area (Å²) in [6, 6.07) is 7.27. The van der Waals surface area contributed by atoms with Crippen molar-refractivity contribution in [1.82, 2.24) is 4.98 Å². The van der Waals surface area contributed by atoms with Gasteiger partial charge in [-0.1, -0.05) is 23.4 Å². The number of rotatable bonds is 3. The Hall–Kier alpha value is -1.89. The van der Waals surface area contributed by atoms with Crippen molar-refractivity contribution >= 4 is 20.6 Å². The van der Waals surface area contributed by atoms with Crippen LogP contribution in [-0.2, 0) is 17.4 Å². The van der Waals surface area contributed by atoms with Crippen LogP contribution in [0, 0.1) is 6.92 Å². The first kappa shape index (κ1) is 17.0. The van der Waals surface area contributed by atoms with Crippen LogP contribution >= 0.6 is 15.9 Å². The normalized spacial score (nSPS) is 17.5. The van der Waals surface area contributed by atoms with E-state index in [4.69, 9.17) is 4.84 Å². The van der Waals surface area contributed by atoms with Crippen molar-refractivity contribution in [3.05, 3.63) is 64.5 Å². The van der Waals surface area contributed by atoms with E-state index < -0.39 is 11.7 Å². The fourth-order valence-corrected chi connectivity index (χ4v) is 2.91. The third kappa shape index (κ3) is 3.77. The first-order chi connectivity index (χ1) is 11.3. The lowest BCUT2D eigenvalue weighted by atomic mass is 9.98. The van der Waals surface area contributed by atoms with E-state index in [1.807, 2.05) is 13.0 Å². The van der Waals surface area contributed by atoms with E-state index in [9.17, 15) is 13.2 Å². The number of halogens is 4. The molecular weight excluding hydrogens is 385 g/mol. The second-order valence-electron chi connectivity index (χ2n) is 5.68. The van der Waals surface area contributed by atoms with Gasteiger partial charge < -0.3 is 4.84 Å². The lowest BCUT2D eigenvalue weighted by Crippen LogP contribution is -2.06. The van der Waals surface area contributed by atoms with Gasteiger partial charge in [-0.05, 0) is 58.1 Å². The molecule has 0 saturated carbocycles. The molecule has 0 fully saturated rings. The summed E-state index contributed by atoms with van der Waals surface area (Å²) in [4.78, 5) is 9.64. The molecule has 3 nitrogen and oxygen atoms in total. The van der Waals surface area contributed by atoms with Gasteiger partial charge >= 0.3 is 6.18 Å². The van der Waals surface area contributed by atoms with Gasteiger partial charge in [-0.3, -0.25) is 4.98 Å². The largest absolute Gasteiger partial charge is 0.416 e. The van der Waals surface area contributed by atoms with Gasteiger partial charge in [0.05, 0.1) is 11.3 Å². The summed E-state index contributed by atoms with van der Waals surface area (Å²) >= 11 is 3.28. The maximum Gasteiger partial charge on any atom is 0.416 e. The summed E-state index contributed by atoms with van der Waals surface area (Å²) in [6.07, 6.45) is -1.89. The highest BCUT2D eigenvalue weighted by atomic mass is 79.9. The van der Waals surface area contributed by atoms with Crippen LogP contribution in [0.25, 0.3) is 0 Å². The first-order valence-corrected chi connectivity index (χ1v) is 8.12. The smallest absolute Gasteiger partial charge is 0.385 e. The maximum atomic E-state index is 12.8. The molecule has 0 aliphatic carbocycles. The van der Waals surface area contributed by atoms with E-state index in [1.165, 1.54) is 12.1 Å². The molecule has 1 aromatic carbocycles. The fourth-order valence-electron chi connectivity index (χ4n) is 2.53. The van der Waals surface area contributed by atoms with Crippen molar-refractivity contribution in [2.45, 2.75) is 32.0 Å². The van der Waals surface area contributed by atoms with Crippen LogP contribution in [0.2, 0.25) is 0 Å². The quantitative estimate of drug-likeness (QED) is 0.714. The highest BCUT2D eigenvalue weighted by Gasteiger charge is 2.30. The fraction of sp³-hybridized carbons (Fsp3) is 0.294. The van der Waals surface area contributed by atoms with Crippen LogP contribution in [0.4, 0.5) is 13.2 Å². The Balaban J connectivity index is 1.85. The molecule has 0 spiro atoms. The molecule has 2 aromatic rings. The van der Waals surface area contributed by atoms with Gasteiger partial charge in [0, 0.05) is 12.6 Å². The van der Waals surface area contributed by atoms with Gasteiger partial charge in [-0.25, -0.2) is 0 Å². The zero-order valence-electron chi connectivity index (χ0n) is 12.8. The molecule has 0 saturated heterocycles. The predicted molar refractivity (Wildman–Crippen MR) is 88.0 cm³/mol. The van der Waals surface area contributed by atoms with Gasteiger partial charge in [0.1, 0.15) is 4.62 Å². The number of alkyl halides is 3. The Morgan fingerprint density at radius 3 is 2.75 bits per heavy atom. The average Bonchev–Trinajstić information content (AvgIpc) is 2.95. The van der Waals surface area contributed by atoms with Crippen LogP contribution in [0.5, 0.6) is 0 Å². The van der Waals surface area contributed by atoms with Crippen LogP contribution in [0.3, 0.4) is 0 Å². The van der Waals surface area contributed by atoms with Gasteiger partial charge in [-0.15, -0.1) is 0 Å². The van der Waals surface area contributed by atoms with Crippen molar-refractivity contribution in [3.8, 4) is 0 Å². The topological polar surface area (TPSA) is 34.5 Å². The van der Waals surface area contributed by atoms with Crippen LogP contribution in [0.15, 0.2) is 41.7 Å². The molecule has 3 rings (SSSR count). The van der Waals surface area contributed by atoms with E-state index in [0.29, 0.717) is 23.0 Å². The zero-order valence-corrected chi connectivity index (χ0v) is 14.4. The van der Waals surface area contributed by atoms with Gasteiger partial charge in [-0.2, -0.15) is 13.2 Å². The average molecular weight is 399 g/mol. The van der Waals surface area contributed by atoms with E-state index in [1.54, 1.807) is 12.3 Å². The monoisotopic (exact) mass is 398 g/mol. The van der Waals surface area contributed by atoms with E-state index in [0.717, 1.165) is 22.9 Å². The Morgan fingerprint density at radius 1 is 1.29 bits per heavy atom. The molecule has 0 bridgehead atoms. The van der Waals surface area contributed by atoms with Crippen molar-refractivity contribution in [3.63, 3.8) is 0 Å². The summed E-state index contributed by atoms with van der Waals surface area (Å²) in [6.45, 7) is 1.89. The molecule has 7 heteroatoms. The molecule has 126 valence electrons. The number of aromatic nitrogens is 1. The number of hydrogen-bond acceptors (Lipinski definition) is 3. The van der Waals surface area contributed by atoms with E-state index in [2.05, 4.69) is 26.1 Å². The van der Waals surface area contributed by atoms with Gasteiger partial charge in [0.15, 0.2) is 6.10 Å². The van der Waals surface area contributed by atoms with Crippen LogP contribution < -0.4 is 0 Å². The highest BCUT2D eigenvalue weighted by molar-refractivity contribution is 9.18. The Labute approximate surface area is 145 Å². The number of oxime groups is 1. The predicted octanol–water partition coefficient (Wildman–Crippen LogP) is 5.17. The molecule has 1 atom stereocenters. The third-order valence-corrected chi connectivity index (χ3v) is 4.32.